The number of unbranched alkanes of at least 4 members (excludes halogenated alkanes) is 3. The van der Waals surface area contributed by atoms with Gasteiger partial charge in [0.25, 0.3) is 0 Å². The van der Waals surface area contributed by atoms with E-state index >= 15 is 0 Å². The molecule has 2 heteroatoms. The molecule has 0 aliphatic rings. The summed E-state index contributed by atoms with van der Waals surface area (Å²) in [6.07, 6.45) is 8.08. The molecule has 2 nitrogen and oxygen atoms in total. The Hall–Kier alpha value is -0.0800. The van der Waals surface area contributed by atoms with E-state index in [0.29, 0.717) is 0 Å². The van der Waals surface area contributed by atoms with Crippen molar-refractivity contribution in [2.45, 2.75) is 66.2 Å². The maximum Gasteiger partial charge on any atom is -0.00187 e. The van der Waals surface area contributed by atoms with Crippen LogP contribution in [0.25, 0.3) is 0 Å². The minimum Gasteiger partial charge on any atom is -0.316 e. The van der Waals surface area contributed by atoms with Gasteiger partial charge in [-0.3, -0.25) is 0 Å². The molecule has 0 radical (unpaired) electrons. The molecule has 0 saturated heterocycles. The number of hydrogen-bond acceptors (Lipinski definition) is 2. The third-order valence-electron chi connectivity index (χ3n) is 3.21. The van der Waals surface area contributed by atoms with Gasteiger partial charge < -0.3 is 10.2 Å². The Balaban J connectivity index is 3.26. The van der Waals surface area contributed by atoms with Gasteiger partial charge in [-0.25, -0.2) is 0 Å². The van der Waals surface area contributed by atoms with Crippen LogP contribution in [0, 0.1) is 5.92 Å². The summed E-state index contributed by atoms with van der Waals surface area (Å²) < 4.78 is 0. The normalized spacial score (nSPS) is 11.7. The lowest BCUT2D eigenvalue weighted by Gasteiger charge is -2.20. The molecule has 0 bridgehead atoms. The molecule has 0 aromatic heterocycles. The molecule has 18 heavy (non-hydrogen) atoms. The maximum atomic E-state index is 3.51. The first-order valence-corrected chi connectivity index (χ1v) is 8.13. The third-order valence-corrected chi connectivity index (χ3v) is 3.21. The SMILES string of the molecule is CCCN(CCC)CCCCCCNCC(C)C. The van der Waals surface area contributed by atoms with E-state index in [1.807, 2.05) is 0 Å². The lowest BCUT2D eigenvalue weighted by atomic mass is 10.1. The van der Waals surface area contributed by atoms with Gasteiger partial charge in [0.05, 0.1) is 0 Å². The molecule has 0 spiro atoms. The summed E-state index contributed by atoms with van der Waals surface area (Å²) in [7, 11) is 0. The predicted octanol–water partition coefficient (Wildman–Crippen LogP) is 3.91. The largest absolute Gasteiger partial charge is 0.316 e. The second-order valence-corrected chi connectivity index (χ2v) is 5.85. The molecule has 0 amide bonds. The number of rotatable bonds is 13. The summed E-state index contributed by atoms with van der Waals surface area (Å²) in [6.45, 7) is 15.3. The van der Waals surface area contributed by atoms with Crippen molar-refractivity contribution < 1.29 is 0 Å². The smallest absolute Gasteiger partial charge is 0.00187 e. The average Bonchev–Trinajstić information content (AvgIpc) is 2.32. The van der Waals surface area contributed by atoms with Crippen LogP contribution in [0.4, 0.5) is 0 Å². The minimum absolute atomic E-state index is 0.779. The summed E-state index contributed by atoms with van der Waals surface area (Å²) in [4.78, 5) is 2.62. The Bertz CT molecular complexity index is 151. The van der Waals surface area contributed by atoms with Crippen LogP contribution in [-0.2, 0) is 0 Å². The summed E-state index contributed by atoms with van der Waals surface area (Å²) in [5.74, 6) is 0.779. The number of hydrogen-bond donors (Lipinski definition) is 1. The standard InChI is InChI=1S/C16H36N2/c1-5-12-18(13-6-2)14-10-8-7-9-11-17-15-16(3)4/h16-17H,5-15H2,1-4H3. The van der Waals surface area contributed by atoms with Gasteiger partial charge in [0.15, 0.2) is 0 Å². The lowest BCUT2D eigenvalue weighted by Crippen LogP contribution is -2.26. The van der Waals surface area contributed by atoms with Gasteiger partial charge in [0, 0.05) is 0 Å². The van der Waals surface area contributed by atoms with E-state index in [9.17, 15) is 0 Å². The van der Waals surface area contributed by atoms with Crippen molar-refractivity contribution in [2.24, 2.45) is 5.92 Å². The van der Waals surface area contributed by atoms with Crippen LogP contribution in [0.2, 0.25) is 0 Å². The molecule has 0 atom stereocenters. The molecule has 0 aliphatic carbocycles. The summed E-state index contributed by atoms with van der Waals surface area (Å²) in [6, 6.07) is 0. The van der Waals surface area contributed by atoms with Crippen molar-refractivity contribution in [3.63, 3.8) is 0 Å². The summed E-state index contributed by atoms with van der Waals surface area (Å²) >= 11 is 0. The van der Waals surface area contributed by atoms with Crippen molar-refractivity contribution in [2.75, 3.05) is 32.7 Å². The van der Waals surface area contributed by atoms with Gasteiger partial charge in [-0.15, -0.1) is 0 Å². The molecule has 1 N–H and O–H groups in total. The zero-order chi connectivity index (χ0) is 13.6. The molecule has 0 heterocycles. The van der Waals surface area contributed by atoms with Gasteiger partial charge in [0.1, 0.15) is 0 Å². The second kappa shape index (κ2) is 13.4. The lowest BCUT2D eigenvalue weighted by molar-refractivity contribution is 0.268. The second-order valence-electron chi connectivity index (χ2n) is 5.85. The van der Waals surface area contributed by atoms with Crippen LogP contribution in [0.15, 0.2) is 0 Å². The Morgan fingerprint density at radius 1 is 0.833 bits per heavy atom. The number of nitrogens with zero attached hydrogens (tertiary/aromatic N) is 1. The van der Waals surface area contributed by atoms with Crippen LogP contribution in [-0.4, -0.2) is 37.6 Å². The molecule has 110 valence electrons. The molecular weight excluding hydrogens is 220 g/mol. The molecule has 0 rings (SSSR count). The highest BCUT2D eigenvalue weighted by Crippen LogP contribution is 2.03. The molecule has 0 fully saturated rings. The van der Waals surface area contributed by atoms with Crippen LogP contribution >= 0.6 is 0 Å². The molecule has 0 aliphatic heterocycles. The Morgan fingerprint density at radius 3 is 2.00 bits per heavy atom. The monoisotopic (exact) mass is 256 g/mol. The third kappa shape index (κ3) is 12.4. The summed E-state index contributed by atoms with van der Waals surface area (Å²) in [5, 5.41) is 3.51. The van der Waals surface area contributed by atoms with Gasteiger partial charge >= 0.3 is 0 Å². The zero-order valence-electron chi connectivity index (χ0n) is 13.3. The van der Waals surface area contributed by atoms with Crippen LogP contribution in [0.1, 0.15) is 66.2 Å². The quantitative estimate of drug-likeness (QED) is 0.503. The Morgan fingerprint density at radius 2 is 1.44 bits per heavy atom. The van der Waals surface area contributed by atoms with E-state index in [2.05, 4.69) is 37.9 Å². The minimum atomic E-state index is 0.779. The van der Waals surface area contributed by atoms with Crippen molar-refractivity contribution in [3.05, 3.63) is 0 Å². The van der Waals surface area contributed by atoms with Crippen molar-refractivity contribution >= 4 is 0 Å². The van der Waals surface area contributed by atoms with E-state index in [4.69, 9.17) is 0 Å². The first-order valence-electron chi connectivity index (χ1n) is 8.13. The molecule has 0 unspecified atom stereocenters. The van der Waals surface area contributed by atoms with Gasteiger partial charge in [-0.2, -0.15) is 0 Å². The van der Waals surface area contributed by atoms with Crippen molar-refractivity contribution in [3.8, 4) is 0 Å². The number of nitrogens with one attached hydrogen (secondary N) is 1. The Kier molecular flexibility index (Phi) is 13.3. The van der Waals surface area contributed by atoms with E-state index in [1.54, 1.807) is 0 Å². The van der Waals surface area contributed by atoms with Crippen LogP contribution in [0.3, 0.4) is 0 Å². The fourth-order valence-corrected chi connectivity index (χ4v) is 2.30. The van der Waals surface area contributed by atoms with Gasteiger partial charge in [-0.05, 0) is 64.3 Å². The molecule has 0 saturated carbocycles. The molecule has 0 aromatic rings. The van der Waals surface area contributed by atoms with Crippen molar-refractivity contribution in [1.82, 2.24) is 10.2 Å². The highest BCUT2D eigenvalue weighted by atomic mass is 15.1. The van der Waals surface area contributed by atoms with E-state index < -0.39 is 0 Å². The first-order chi connectivity index (χ1) is 8.70. The van der Waals surface area contributed by atoms with Gasteiger partial charge in [0.2, 0.25) is 0 Å². The van der Waals surface area contributed by atoms with E-state index in [-0.39, 0.29) is 0 Å². The highest BCUT2D eigenvalue weighted by molar-refractivity contribution is 4.57. The Labute approximate surface area is 116 Å². The first kappa shape index (κ1) is 17.9. The molecular formula is C16H36N2. The molecule has 0 aromatic carbocycles. The van der Waals surface area contributed by atoms with Crippen LogP contribution < -0.4 is 5.32 Å². The summed E-state index contributed by atoms with van der Waals surface area (Å²) in [5.41, 5.74) is 0. The highest BCUT2D eigenvalue weighted by Gasteiger charge is 2.01. The predicted molar refractivity (Wildman–Crippen MR) is 83.2 cm³/mol. The van der Waals surface area contributed by atoms with Crippen LogP contribution in [0.5, 0.6) is 0 Å². The van der Waals surface area contributed by atoms with E-state index in [0.717, 1.165) is 5.92 Å². The zero-order valence-corrected chi connectivity index (χ0v) is 13.3. The fraction of sp³-hybridized carbons (Fsp3) is 1.00. The van der Waals surface area contributed by atoms with E-state index in [1.165, 1.54) is 71.2 Å². The maximum absolute atomic E-state index is 3.51. The topological polar surface area (TPSA) is 15.3 Å². The van der Waals surface area contributed by atoms with Crippen molar-refractivity contribution in [1.29, 1.82) is 0 Å². The van der Waals surface area contributed by atoms with Gasteiger partial charge in [-0.1, -0.05) is 40.5 Å². The fourth-order valence-electron chi connectivity index (χ4n) is 2.30. The average molecular weight is 256 g/mol.